The zero-order chi connectivity index (χ0) is 14.2. The lowest BCUT2D eigenvalue weighted by molar-refractivity contribution is 0.765. The molecule has 0 saturated carbocycles. The average molecular weight is 316 g/mol. The number of aryl methyl sites for hydroxylation is 2. The van der Waals surface area contributed by atoms with Crippen LogP contribution in [0, 0.1) is 18.3 Å². The Labute approximate surface area is 125 Å². The molecule has 0 bridgehead atoms. The van der Waals surface area contributed by atoms with Crippen molar-refractivity contribution in [1.82, 2.24) is 9.78 Å². The van der Waals surface area contributed by atoms with Crippen molar-refractivity contribution in [2.45, 2.75) is 6.92 Å². The monoisotopic (exact) mass is 314 g/mol. The standard InChI is InChI=1S/C12H9Cl3N4/c1-6-7(5-16)12(19(2)18-6)17-11-4-9(14)8(13)3-10(11)15/h3-4,17H,1-2H3. The maximum atomic E-state index is 9.14. The van der Waals surface area contributed by atoms with Gasteiger partial charge in [0.1, 0.15) is 17.5 Å². The molecule has 98 valence electrons. The summed E-state index contributed by atoms with van der Waals surface area (Å²) in [5.74, 6) is 0.556. The van der Waals surface area contributed by atoms with Crippen molar-refractivity contribution in [3.8, 4) is 6.07 Å². The lowest BCUT2D eigenvalue weighted by Crippen LogP contribution is -2.01. The molecule has 4 nitrogen and oxygen atoms in total. The summed E-state index contributed by atoms with van der Waals surface area (Å²) in [6, 6.07) is 5.25. The number of anilines is 2. The number of nitrogens with one attached hydrogen (secondary N) is 1. The summed E-state index contributed by atoms with van der Waals surface area (Å²) >= 11 is 17.9. The zero-order valence-electron chi connectivity index (χ0n) is 10.1. The van der Waals surface area contributed by atoms with E-state index < -0.39 is 0 Å². The van der Waals surface area contributed by atoms with Crippen LogP contribution in [0.15, 0.2) is 12.1 Å². The van der Waals surface area contributed by atoms with E-state index in [0.717, 1.165) is 0 Å². The van der Waals surface area contributed by atoms with E-state index in [1.54, 1.807) is 30.8 Å². The summed E-state index contributed by atoms with van der Waals surface area (Å²) in [6.45, 7) is 1.76. The molecule has 7 heteroatoms. The second-order valence-electron chi connectivity index (χ2n) is 3.92. The molecule has 1 aromatic carbocycles. The molecule has 2 rings (SSSR count). The summed E-state index contributed by atoms with van der Waals surface area (Å²) in [5.41, 5.74) is 1.67. The molecule has 0 fully saturated rings. The van der Waals surface area contributed by atoms with Crippen molar-refractivity contribution in [1.29, 1.82) is 5.26 Å². The predicted molar refractivity (Wildman–Crippen MR) is 77.4 cm³/mol. The highest BCUT2D eigenvalue weighted by Gasteiger charge is 2.15. The summed E-state index contributed by atoms with van der Waals surface area (Å²) in [6.07, 6.45) is 0. The first-order chi connectivity index (χ1) is 8.93. The van der Waals surface area contributed by atoms with Gasteiger partial charge >= 0.3 is 0 Å². The minimum absolute atomic E-state index is 0.374. The third kappa shape index (κ3) is 2.64. The van der Waals surface area contributed by atoms with E-state index in [-0.39, 0.29) is 0 Å². The predicted octanol–water partition coefficient (Wildman–Crippen LogP) is 4.30. The van der Waals surface area contributed by atoms with Crippen LogP contribution in [0.1, 0.15) is 11.3 Å². The van der Waals surface area contributed by atoms with Crippen LogP contribution in [0.3, 0.4) is 0 Å². The van der Waals surface area contributed by atoms with Crippen molar-refractivity contribution in [3.05, 3.63) is 38.5 Å². The first kappa shape index (κ1) is 14.0. The zero-order valence-corrected chi connectivity index (χ0v) is 12.4. The quantitative estimate of drug-likeness (QED) is 0.840. The topological polar surface area (TPSA) is 53.6 Å². The van der Waals surface area contributed by atoms with E-state index >= 15 is 0 Å². The highest BCUT2D eigenvalue weighted by atomic mass is 35.5. The fourth-order valence-electron chi connectivity index (χ4n) is 1.68. The van der Waals surface area contributed by atoms with Crippen molar-refractivity contribution in [2.24, 2.45) is 7.05 Å². The molecule has 2 aromatic rings. The molecule has 0 spiro atoms. The third-order valence-corrected chi connectivity index (χ3v) is 3.63. The van der Waals surface area contributed by atoms with E-state index in [4.69, 9.17) is 40.1 Å². The van der Waals surface area contributed by atoms with Gasteiger partial charge in [0.05, 0.1) is 26.4 Å². The number of hydrogen-bond donors (Lipinski definition) is 1. The van der Waals surface area contributed by atoms with Gasteiger partial charge in [0.15, 0.2) is 0 Å². The first-order valence-corrected chi connectivity index (χ1v) is 6.42. The SMILES string of the molecule is Cc1nn(C)c(Nc2cc(Cl)c(Cl)cc2Cl)c1C#N. The summed E-state index contributed by atoms with van der Waals surface area (Å²) in [5, 5.41) is 17.5. The van der Waals surface area contributed by atoms with Crippen molar-refractivity contribution >= 4 is 46.3 Å². The normalized spacial score (nSPS) is 10.3. The molecule has 0 aliphatic rings. The van der Waals surface area contributed by atoms with E-state index in [1.165, 1.54) is 0 Å². The Morgan fingerprint density at radius 1 is 1.21 bits per heavy atom. The van der Waals surface area contributed by atoms with Crippen LogP contribution in [-0.2, 0) is 7.05 Å². The van der Waals surface area contributed by atoms with Crippen LogP contribution in [0.4, 0.5) is 11.5 Å². The smallest absolute Gasteiger partial charge is 0.146 e. The molecule has 0 aliphatic carbocycles. The van der Waals surface area contributed by atoms with Gasteiger partial charge in [-0.05, 0) is 19.1 Å². The Morgan fingerprint density at radius 2 is 1.84 bits per heavy atom. The molecule has 0 radical (unpaired) electrons. The number of rotatable bonds is 2. The fourth-order valence-corrected chi connectivity index (χ4v) is 2.28. The van der Waals surface area contributed by atoms with Crippen LogP contribution in [0.2, 0.25) is 15.1 Å². The fraction of sp³-hybridized carbons (Fsp3) is 0.167. The highest BCUT2D eigenvalue weighted by molar-refractivity contribution is 6.44. The highest BCUT2D eigenvalue weighted by Crippen LogP contribution is 2.34. The number of halogens is 3. The van der Waals surface area contributed by atoms with Gasteiger partial charge in [-0.15, -0.1) is 0 Å². The number of nitriles is 1. The molecule has 0 amide bonds. The van der Waals surface area contributed by atoms with Gasteiger partial charge in [-0.3, -0.25) is 4.68 Å². The number of benzene rings is 1. The second kappa shape index (κ2) is 5.30. The molecule has 0 aliphatic heterocycles. The minimum Gasteiger partial charge on any atom is -0.338 e. The molecule has 1 N–H and O–H groups in total. The molecule has 19 heavy (non-hydrogen) atoms. The average Bonchev–Trinajstić information content (AvgIpc) is 2.60. The summed E-state index contributed by atoms with van der Waals surface area (Å²) < 4.78 is 1.58. The molecule has 1 aromatic heterocycles. The minimum atomic E-state index is 0.374. The number of hydrogen-bond acceptors (Lipinski definition) is 3. The third-order valence-electron chi connectivity index (χ3n) is 2.60. The van der Waals surface area contributed by atoms with Gasteiger partial charge in [0, 0.05) is 7.05 Å². The van der Waals surface area contributed by atoms with E-state index in [9.17, 15) is 0 Å². The van der Waals surface area contributed by atoms with Crippen LogP contribution in [0.5, 0.6) is 0 Å². The Balaban J connectivity index is 2.48. The Morgan fingerprint density at radius 3 is 2.47 bits per heavy atom. The van der Waals surface area contributed by atoms with E-state index in [0.29, 0.717) is 37.8 Å². The Kier molecular flexibility index (Phi) is 3.91. The second-order valence-corrected chi connectivity index (χ2v) is 5.14. The number of aromatic nitrogens is 2. The molecule has 0 atom stereocenters. The Bertz CT molecular complexity index is 685. The number of nitrogens with zero attached hydrogens (tertiary/aromatic N) is 3. The lowest BCUT2D eigenvalue weighted by Gasteiger charge is -2.10. The maximum absolute atomic E-state index is 9.14. The van der Waals surface area contributed by atoms with Crippen molar-refractivity contribution in [3.63, 3.8) is 0 Å². The van der Waals surface area contributed by atoms with Gasteiger partial charge < -0.3 is 5.32 Å². The molecule has 0 unspecified atom stereocenters. The molecule has 0 saturated heterocycles. The maximum Gasteiger partial charge on any atom is 0.146 e. The van der Waals surface area contributed by atoms with Gasteiger partial charge in [-0.25, -0.2) is 0 Å². The van der Waals surface area contributed by atoms with E-state index in [1.807, 2.05) is 0 Å². The van der Waals surface area contributed by atoms with Crippen LogP contribution < -0.4 is 5.32 Å². The summed E-state index contributed by atoms with van der Waals surface area (Å²) in [4.78, 5) is 0. The van der Waals surface area contributed by atoms with Crippen LogP contribution in [-0.4, -0.2) is 9.78 Å². The molecular weight excluding hydrogens is 307 g/mol. The van der Waals surface area contributed by atoms with Crippen LogP contribution >= 0.6 is 34.8 Å². The van der Waals surface area contributed by atoms with Crippen LogP contribution in [0.25, 0.3) is 0 Å². The molecular formula is C12H9Cl3N4. The van der Waals surface area contributed by atoms with Gasteiger partial charge in [0.25, 0.3) is 0 Å². The van der Waals surface area contributed by atoms with Gasteiger partial charge in [0.2, 0.25) is 0 Å². The Hall–Kier alpha value is -1.41. The van der Waals surface area contributed by atoms with Crippen molar-refractivity contribution in [2.75, 3.05) is 5.32 Å². The lowest BCUT2D eigenvalue weighted by atomic mass is 10.2. The summed E-state index contributed by atoms with van der Waals surface area (Å²) in [7, 11) is 1.74. The first-order valence-electron chi connectivity index (χ1n) is 5.29. The molecule has 1 heterocycles. The van der Waals surface area contributed by atoms with E-state index in [2.05, 4.69) is 16.5 Å². The van der Waals surface area contributed by atoms with Crippen molar-refractivity contribution < 1.29 is 0 Å². The van der Waals surface area contributed by atoms with Gasteiger partial charge in [-0.2, -0.15) is 10.4 Å². The van der Waals surface area contributed by atoms with Gasteiger partial charge in [-0.1, -0.05) is 34.8 Å². The largest absolute Gasteiger partial charge is 0.338 e.